The van der Waals surface area contributed by atoms with Crippen molar-refractivity contribution in [3.05, 3.63) is 0 Å². The Morgan fingerprint density at radius 1 is 1.14 bits per heavy atom. The molecule has 2 nitrogen and oxygen atoms in total. The molecule has 0 rings (SSSR count). The lowest BCUT2D eigenvalue weighted by atomic mass is 10.1. The molecule has 0 aromatic heterocycles. The van der Waals surface area contributed by atoms with E-state index in [1.807, 2.05) is 27.7 Å². The third kappa shape index (κ3) is 61.3. The summed E-state index contributed by atoms with van der Waals surface area (Å²) in [6.45, 7) is 14.9. The quantitative estimate of drug-likeness (QED) is 0.714. The van der Waals surface area contributed by atoms with Crippen molar-refractivity contribution in [3.63, 3.8) is 0 Å². The molecule has 2 heteroatoms. The van der Waals surface area contributed by atoms with Crippen LogP contribution in [0.25, 0.3) is 0 Å². The first-order chi connectivity index (χ1) is 6.72. The maximum absolute atomic E-state index is 9.05. The summed E-state index contributed by atoms with van der Waals surface area (Å²) in [5.74, 6) is 0.935. The lowest BCUT2D eigenvalue weighted by molar-refractivity contribution is -0.106. The van der Waals surface area contributed by atoms with Gasteiger partial charge in [-0.1, -0.05) is 61.3 Å². The predicted molar refractivity (Wildman–Crippen MR) is 69.7 cm³/mol. The van der Waals surface area contributed by atoms with Gasteiger partial charge in [-0.3, -0.25) is 0 Å². The van der Waals surface area contributed by atoms with Crippen molar-refractivity contribution in [2.24, 2.45) is 11.7 Å². The normalized spacial score (nSPS) is 6.93. The summed E-state index contributed by atoms with van der Waals surface area (Å²) < 4.78 is 0. The van der Waals surface area contributed by atoms with Crippen LogP contribution in [0.4, 0.5) is 0 Å². The Kier molecular flexibility index (Phi) is 65.1. The minimum Gasteiger partial charge on any atom is -0.324 e. The third-order valence-corrected chi connectivity index (χ3v) is 1.49. The molecule has 0 bridgehead atoms. The van der Waals surface area contributed by atoms with Crippen molar-refractivity contribution in [3.8, 4) is 0 Å². The summed E-state index contributed by atoms with van der Waals surface area (Å²) in [7, 11) is 0. The van der Waals surface area contributed by atoms with Gasteiger partial charge in [-0.25, -0.2) is 0 Å². The zero-order valence-corrected chi connectivity index (χ0v) is 11.3. The van der Waals surface area contributed by atoms with Crippen molar-refractivity contribution in [1.82, 2.24) is 0 Å². The second-order valence-electron chi connectivity index (χ2n) is 2.32. The van der Waals surface area contributed by atoms with Crippen molar-refractivity contribution in [2.75, 3.05) is 6.54 Å². The highest BCUT2D eigenvalue weighted by molar-refractivity contribution is 5.51. The van der Waals surface area contributed by atoms with E-state index in [9.17, 15) is 0 Å². The molecule has 0 radical (unpaired) electrons. The van der Waals surface area contributed by atoms with Crippen LogP contribution in [0.2, 0.25) is 0 Å². The number of aldehydes is 1. The van der Waals surface area contributed by atoms with E-state index in [1.54, 1.807) is 0 Å². The van der Waals surface area contributed by atoms with Gasteiger partial charge in [0.2, 0.25) is 0 Å². The van der Waals surface area contributed by atoms with Gasteiger partial charge >= 0.3 is 0 Å². The Bertz CT molecular complexity index is 66.6. The molecule has 0 spiro atoms. The Balaban J connectivity index is -0.0000000327. The zero-order chi connectivity index (χ0) is 12.4. The molecule has 0 aliphatic heterocycles. The number of hydrogen-bond donors (Lipinski definition) is 1. The first kappa shape index (κ1) is 23.4. The second kappa shape index (κ2) is 38.9. The maximum Gasteiger partial charge on any atom is 0.133 e. The number of carbonyl (C=O) groups is 1. The molecule has 2 N–H and O–H groups in total. The molecule has 14 heavy (non-hydrogen) atoms. The highest BCUT2D eigenvalue weighted by atomic mass is 16.1. The second-order valence-corrected chi connectivity index (χ2v) is 2.32. The zero-order valence-electron chi connectivity index (χ0n) is 11.3. The lowest BCUT2D eigenvalue weighted by Gasteiger charge is -1.98. The average Bonchev–Trinajstić information content (AvgIpc) is 2.33. The molecule has 0 aromatic carbocycles. The monoisotopic (exact) mass is 207 g/mol. The molecular formula is C12H33NO. The van der Waals surface area contributed by atoms with Gasteiger partial charge in [0.15, 0.2) is 0 Å². The van der Waals surface area contributed by atoms with E-state index in [4.69, 9.17) is 4.79 Å². The van der Waals surface area contributed by atoms with E-state index in [-0.39, 0.29) is 7.97 Å². The fourth-order valence-corrected chi connectivity index (χ4v) is 0.289. The van der Waals surface area contributed by atoms with Crippen LogP contribution in [0.5, 0.6) is 0 Å². The van der Waals surface area contributed by atoms with Crippen LogP contribution in [-0.4, -0.2) is 12.8 Å². The van der Waals surface area contributed by atoms with Gasteiger partial charge in [0.1, 0.15) is 6.29 Å². The molecule has 0 fully saturated rings. The van der Waals surface area contributed by atoms with Crippen molar-refractivity contribution in [1.29, 1.82) is 0 Å². The highest BCUT2D eigenvalue weighted by Crippen LogP contribution is 2.02. The minimum absolute atomic E-state index is 0. The molecule has 0 atom stereocenters. The van der Waals surface area contributed by atoms with Crippen LogP contribution in [0.1, 0.15) is 62.7 Å². The summed E-state index contributed by atoms with van der Waals surface area (Å²) in [5, 5.41) is 0. The molecule has 0 saturated heterocycles. The molecule has 0 saturated carbocycles. The molecule has 0 unspecified atom stereocenters. The summed E-state index contributed by atoms with van der Waals surface area (Å²) in [6, 6.07) is 0. The van der Waals surface area contributed by atoms with Crippen molar-refractivity contribution < 1.29 is 6.22 Å². The fraction of sp³-hybridized carbons (Fsp3) is 0.917. The largest absolute Gasteiger partial charge is 0.324 e. The van der Waals surface area contributed by atoms with Crippen LogP contribution < -0.4 is 5.73 Å². The van der Waals surface area contributed by atoms with Crippen LogP contribution in [-0.2, 0) is 4.79 Å². The minimum atomic E-state index is 0. The Labute approximate surface area is 92.8 Å². The first-order valence-corrected chi connectivity index (χ1v) is 5.86. The van der Waals surface area contributed by atoms with Gasteiger partial charge < -0.3 is 10.5 Å². The maximum atomic E-state index is 9.05. The smallest absolute Gasteiger partial charge is 0.133 e. The van der Waals surface area contributed by atoms with Gasteiger partial charge in [-0.15, -0.1) is 0 Å². The van der Waals surface area contributed by atoms with Gasteiger partial charge in [-0.05, 0) is 5.92 Å². The number of nitrogens with two attached hydrogens (primary N) is 1. The fourth-order valence-electron chi connectivity index (χ4n) is 0.289. The third-order valence-electron chi connectivity index (χ3n) is 1.49. The van der Waals surface area contributed by atoms with Crippen LogP contribution in [0, 0.1) is 5.92 Å². The van der Waals surface area contributed by atoms with Crippen molar-refractivity contribution in [2.45, 2.75) is 61.3 Å². The Morgan fingerprint density at radius 3 is 1.36 bits per heavy atom. The van der Waals surface area contributed by atoms with E-state index in [1.165, 1.54) is 12.8 Å². The molecule has 0 amide bonds. The first-order valence-electron chi connectivity index (χ1n) is 5.86. The van der Waals surface area contributed by atoms with Crippen LogP contribution in [0.3, 0.4) is 0 Å². The van der Waals surface area contributed by atoms with Gasteiger partial charge in [-0.2, -0.15) is 0 Å². The molecule has 0 aromatic rings. The number of carbonyl (C=O) groups excluding carboxylic acids is 1. The highest BCUT2D eigenvalue weighted by Gasteiger charge is 1.88. The van der Waals surface area contributed by atoms with E-state index in [2.05, 4.69) is 26.5 Å². The summed E-state index contributed by atoms with van der Waals surface area (Å²) in [4.78, 5) is 9.05. The van der Waals surface area contributed by atoms with Gasteiger partial charge in [0.25, 0.3) is 0 Å². The summed E-state index contributed by atoms with van der Waals surface area (Å²) in [6.07, 6.45) is 3.31. The Hall–Kier alpha value is -0.370. The Morgan fingerprint density at radius 2 is 1.36 bits per heavy atom. The molecule has 92 valence electrons. The van der Waals surface area contributed by atoms with Crippen LogP contribution >= 0.6 is 0 Å². The number of rotatable bonds is 3. The summed E-state index contributed by atoms with van der Waals surface area (Å²) >= 11 is 0. The molecular weight excluding hydrogens is 174 g/mol. The molecule has 0 aliphatic carbocycles. The standard InChI is InChI=1S/C6H14.C2H5NO.2C2H6.H2/c1-4-6(3)5-2;3-1-2-4;2*1-2;/h6H,4-5H2,1-3H3;2H,1,3H2;2*1-2H3;1H. The summed E-state index contributed by atoms with van der Waals surface area (Å²) in [5.41, 5.74) is 4.66. The van der Waals surface area contributed by atoms with E-state index in [0.717, 1.165) is 5.92 Å². The average molecular weight is 207 g/mol. The van der Waals surface area contributed by atoms with E-state index in [0.29, 0.717) is 6.29 Å². The van der Waals surface area contributed by atoms with Gasteiger partial charge in [0.05, 0.1) is 0 Å². The lowest BCUT2D eigenvalue weighted by Crippen LogP contribution is -1.97. The van der Waals surface area contributed by atoms with Crippen LogP contribution in [0.15, 0.2) is 0 Å². The molecule has 0 heterocycles. The topological polar surface area (TPSA) is 43.1 Å². The van der Waals surface area contributed by atoms with Crippen molar-refractivity contribution >= 4 is 6.29 Å². The predicted octanol–water partition coefficient (Wildman–Crippen LogP) is 3.88. The number of hydrogen-bond acceptors (Lipinski definition) is 2. The van der Waals surface area contributed by atoms with E-state index >= 15 is 0 Å². The molecule has 0 aliphatic rings. The SMILES string of the molecule is CC.CC.CCC(C)CC.NCC=O.[HH]. The van der Waals surface area contributed by atoms with E-state index < -0.39 is 0 Å². The van der Waals surface area contributed by atoms with Gasteiger partial charge in [0, 0.05) is 7.97 Å².